The predicted molar refractivity (Wildman–Crippen MR) is 173 cm³/mol. The third kappa shape index (κ3) is 8.89. The van der Waals surface area contributed by atoms with Gasteiger partial charge in [0.25, 0.3) is 11.8 Å². The third-order valence-electron chi connectivity index (χ3n) is 6.19. The van der Waals surface area contributed by atoms with Crippen LogP contribution in [-0.2, 0) is 9.59 Å². The Labute approximate surface area is 260 Å². The van der Waals surface area contributed by atoms with Crippen molar-refractivity contribution in [2.75, 3.05) is 37.2 Å². The Bertz CT molecular complexity index is 1640. The Morgan fingerprint density at radius 1 is 0.795 bits per heavy atom. The fourth-order valence-corrected chi connectivity index (χ4v) is 4.85. The van der Waals surface area contributed by atoms with E-state index in [2.05, 4.69) is 16.0 Å². The van der Waals surface area contributed by atoms with Gasteiger partial charge in [-0.05, 0) is 61.5 Å². The highest BCUT2D eigenvalue weighted by molar-refractivity contribution is 8.00. The van der Waals surface area contributed by atoms with Crippen molar-refractivity contribution in [2.45, 2.75) is 11.8 Å². The Morgan fingerprint density at radius 3 is 2.32 bits per heavy atom. The number of carbonyl (C=O) groups is 3. The maximum absolute atomic E-state index is 13.5. The van der Waals surface area contributed by atoms with E-state index in [4.69, 9.17) is 14.2 Å². The fourth-order valence-electron chi connectivity index (χ4n) is 4.09. The Hall–Kier alpha value is -5.22. The number of para-hydroxylation sites is 1. The molecule has 0 saturated carbocycles. The molecule has 0 aromatic heterocycles. The number of rotatable bonds is 13. The lowest BCUT2D eigenvalue weighted by molar-refractivity contribution is -0.114. The largest absolute Gasteiger partial charge is 0.497 e. The lowest BCUT2D eigenvalue weighted by atomic mass is 10.1. The van der Waals surface area contributed by atoms with E-state index in [9.17, 15) is 14.4 Å². The van der Waals surface area contributed by atoms with Crippen LogP contribution in [0.4, 0.5) is 11.4 Å². The standard InChI is InChI=1S/C34H33N3O6S/c1-4-43-30-16-9-8-13-24(30)19-29(37-33(39)23-11-6-5-7-12-23)34(40)35-25-14-10-15-27(20-25)44-22-32(38)36-28-21-26(41-2)17-18-31(28)42-3/h5-21H,4,22H2,1-3H3,(H,35,40)(H,36,38)(H,37,39)/b29-19+. The number of methoxy groups -OCH3 is 2. The monoisotopic (exact) mass is 611 g/mol. The zero-order valence-corrected chi connectivity index (χ0v) is 25.4. The van der Waals surface area contributed by atoms with Crippen LogP contribution in [0.3, 0.4) is 0 Å². The van der Waals surface area contributed by atoms with Crippen LogP contribution in [0.25, 0.3) is 6.08 Å². The Balaban J connectivity index is 1.48. The van der Waals surface area contributed by atoms with E-state index in [-0.39, 0.29) is 17.4 Å². The molecule has 0 spiro atoms. The highest BCUT2D eigenvalue weighted by atomic mass is 32.2. The minimum atomic E-state index is -0.523. The van der Waals surface area contributed by atoms with Gasteiger partial charge >= 0.3 is 0 Å². The molecule has 4 aromatic rings. The van der Waals surface area contributed by atoms with Gasteiger partial charge in [0.15, 0.2) is 0 Å². The lowest BCUT2D eigenvalue weighted by Crippen LogP contribution is -2.30. The molecule has 0 saturated heterocycles. The van der Waals surface area contributed by atoms with Crippen LogP contribution in [0.15, 0.2) is 108 Å². The zero-order valence-electron chi connectivity index (χ0n) is 24.6. The lowest BCUT2D eigenvalue weighted by Gasteiger charge is -2.14. The first-order valence-corrected chi connectivity index (χ1v) is 14.7. The van der Waals surface area contributed by atoms with E-state index in [0.29, 0.717) is 46.4 Å². The summed E-state index contributed by atoms with van der Waals surface area (Å²) in [4.78, 5) is 40.0. The van der Waals surface area contributed by atoms with Gasteiger partial charge in [-0.2, -0.15) is 0 Å². The summed E-state index contributed by atoms with van der Waals surface area (Å²) in [5.74, 6) is 0.613. The number of carbonyl (C=O) groups excluding carboxylic acids is 3. The first-order valence-electron chi connectivity index (χ1n) is 13.8. The number of hydrogen-bond donors (Lipinski definition) is 3. The number of amides is 3. The molecule has 3 amide bonds. The van der Waals surface area contributed by atoms with Gasteiger partial charge in [0, 0.05) is 27.8 Å². The van der Waals surface area contributed by atoms with Crippen LogP contribution >= 0.6 is 11.8 Å². The molecule has 0 bridgehead atoms. The number of thioether (sulfide) groups is 1. The molecule has 0 atom stereocenters. The van der Waals surface area contributed by atoms with E-state index in [1.165, 1.54) is 18.9 Å². The molecule has 3 N–H and O–H groups in total. The highest BCUT2D eigenvalue weighted by Gasteiger charge is 2.17. The number of nitrogens with one attached hydrogen (secondary N) is 3. The maximum Gasteiger partial charge on any atom is 0.272 e. The summed E-state index contributed by atoms with van der Waals surface area (Å²) in [7, 11) is 3.07. The van der Waals surface area contributed by atoms with Gasteiger partial charge in [-0.1, -0.05) is 42.5 Å². The number of benzene rings is 4. The molecule has 0 aliphatic heterocycles. The quantitative estimate of drug-likeness (QED) is 0.121. The molecule has 4 aromatic carbocycles. The highest BCUT2D eigenvalue weighted by Crippen LogP contribution is 2.30. The normalized spacial score (nSPS) is 10.8. The summed E-state index contributed by atoms with van der Waals surface area (Å²) in [6, 6.07) is 28.1. The summed E-state index contributed by atoms with van der Waals surface area (Å²) in [5.41, 5.74) is 2.08. The first-order chi connectivity index (χ1) is 21.4. The predicted octanol–water partition coefficient (Wildman–Crippen LogP) is 6.24. The molecule has 4 rings (SSSR count). The first kappa shape index (κ1) is 31.7. The van der Waals surface area contributed by atoms with Gasteiger partial charge in [0.05, 0.1) is 32.3 Å². The third-order valence-corrected chi connectivity index (χ3v) is 7.18. The Kier molecular flexibility index (Phi) is 11.4. The van der Waals surface area contributed by atoms with Crippen LogP contribution in [-0.4, -0.2) is 44.3 Å². The minimum Gasteiger partial charge on any atom is -0.497 e. The molecular weight excluding hydrogens is 578 g/mol. The molecule has 9 nitrogen and oxygen atoms in total. The van der Waals surface area contributed by atoms with Crippen molar-refractivity contribution in [3.8, 4) is 17.2 Å². The van der Waals surface area contributed by atoms with Gasteiger partial charge in [-0.15, -0.1) is 11.8 Å². The minimum absolute atomic E-state index is 0.0377. The van der Waals surface area contributed by atoms with Crippen LogP contribution < -0.4 is 30.2 Å². The summed E-state index contributed by atoms with van der Waals surface area (Å²) in [6.45, 7) is 2.31. The van der Waals surface area contributed by atoms with E-state index in [1.807, 2.05) is 31.2 Å². The van der Waals surface area contributed by atoms with Crippen molar-refractivity contribution in [1.82, 2.24) is 5.32 Å². The SMILES string of the molecule is CCOc1ccccc1/C=C(/NC(=O)c1ccccc1)C(=O)Nc1cccc(SCC(=O)Nc2cc(OC)ccc2OC)c1. The smallest absolute Gasteiger partial charge is 0.272 e. The molecule has 0 aliphatic carbocycles. The van der Waals surface area contributed by atoms with Crippen LogP contribution in [0.2, 0.25) is 0 Å². The average molecular weight is 612 g/mol. The topological polar surface area (TPSA) is 115 Å². The van der Waals surface area contributed by atoms with Crippen molar-refractivity contribution in [3.05, 3.63) is 114 Å². The van der Waals surface area contributed by atoms with Gasteiger partial charge in [-0.25, -0.2) is 0 Å². The molecule has 0 aliphatic rings. The molecule has 0 heterocycles. The molecule has 10 heteroatoms. The number of hydrogen-bond acceptors (Lipinski definition) is 7. The van der Waals surface area contributed by atoms with Crippen LogP contribution in [0.5, 0.6) is 17.2 Å². The fraction of sp³-hybridized carbons (Fsp3) is 0.147. The van der Waals surface area contributed by atoms with Gasteiger partial charge in [-0.3, -0.25) is 14.4 Å². The molecular formula is C34H33N3O6S. The van der Waals surface area contributed by atoms with Crippen molar-refractivity contribution < 1.29 is 28.6 Å². The van der Waals surface area contributed by atoms with E-state index in [0.717, 1.165) is 4.90 Å². The van der Waals surface area contributed by atoms with Crippen molar-refractivity contribution in [2.24, 2.45) is 0 Å². The van der Waals surface area contributed by atoms with Gasteiger partial charge < -0.3 is 30.2 Å². The molecule has 0 unspecified atom stereocenters. The van der Waals surface area contributed by atoms with Crippen molar-refractivity contribution in [1.29, 1.82) is 0 Å². The summed E-state index contributed by atoms with van der Waals surface area (Å²) in [5, 5.41) is 8.45. The van der Waals surface area contributed by atoms with Gasteiger partial charge in [0.1, 0.15) is 22.9 Å². The number of anilines is 2. The number of ether oxygens (including phenoxy) is 3. The van der Waals surface area contributed by atoms with E-state index in [1.54, 1.807) is 86.0 Å². The van der Waals surface area contributed by atoms with E-state index >= 15 is 0 Å². The summed E-state index contributed by atoms with van der Waals surface area (Å²) in [6.07, 6.45) is 1.58. The van der Waals surface area contributed by atoms with Crippen molar-refractivity contribution >= 4 is 46.9 Å². The second kappa shape index (κ2) is 15.9. The Morgan fingerprint density at radius 2 is 1.57 bits per heavy atom. The van der Waals surface area contributed by atoms with Crippen LogP contribution in [0.1, 0.15) is 22.8 Å². The van der Waals surface area contributed by atoms with Crippen LogP contribution in [0, 0.1) is 0 Å². The maximum atomic E-state index is 13.5. The summed E-state index contributed by atoms with van der Waals surface area (Å²) < 4.78 is 16.3. The molecule has 226 valence electrons. The zero-order chi connectivity index (χ0) is 31.3. The molecule has 0 radical (unpaired) electrons. The molecule has 44 heavy (non-hydrogen) atoms. The van der Waals surface area contributed by atoms with Gasteiger partial charge in [0.2, 0.25) is 5.91 Å². The molecule has 0 fully saturated rings. The average Bonchev–Trinajstić information content (AvgIpc) is 3.05. The summed E-state index contributed by atoms with van der Waals surface area (Å²) >= 11 is 1.30. The van der Waals surface area contributed by atoms with E-state index < -0.39 is 11.8 Å². The second-order valence-corrected chi connectivity index (χ2v) is 10.3. The van der Waals surface area contributed by atoms with Crippen molar-refractivity contribution in [3.63, 3.8) is 0 Å². The second-order valence-electron chi connectivity index (χ2n) is 9.23.